The largest absolute Gasteiger partial charge is 0.506 e. The Labute approximate surface area is 135 Å². The molecule has 1 aliphatic heterocycles. The molecule has 3 rings (SSSR count). The van der Waals surface area contributed by atoms with Gasteiger partial charge in [-0.05, 0) is 0 Å². The standard InChI is InChI=1S/C13H10F3N3O6/c14-13(15,16)7-1-5(21)4-2-19(12(24)18-10(4)17-7)11-9(23)8(22)6(3-20)25-11/h1-2,9,11,20,22-23H,3H2,(H,17,18,24)/t9?,11-/m1/s1. The van der Waals surface area contributed by atoms with E-state index in [0.717, 1.165) is 6.20 Å². The number of nitrogens with one attached hydrogen (secondary N) is 1. The predicted molar refractivity (Wildman–Crippen MR) is 74.5 cm³/mol. The molecule has 12 heteroatoms. The van der Waals surface area contributed by atoms with Gasteiger partial charge >= 0.3 is 11.9 Å². The number of alkyl halides is 3. The molecule has 0 spiro atoms. The quantitative estimate of drug-likeness (QED) is 0.579. The Kier molecular flexibility index (Phi) is 3.80. The number of aliphatic hydroxyl groups excluding tert-OH is 3. The van der Waals surface area contributed by atoms with E-state index < -0.39 is 53.3 Å². The van der Waals surface area contributed by atoms with Crippen molar-refractivity contribution < 1.29 is 33.2 Å². The fourth-order valence-electron chi connectivity index (χ4n) is 2.35. The first kappa shape index (κ1) is 17.0. The van der Waals surface area contributed by atoms with Gasteiger partial charge in [-0.1, -0.05) is 0 Å². The zero-order valence-electron chi connectivity index (χ0n) is 12.1. The number of ether oxygens (including phenoxy) is 1. The van der Waals surface area contributed by atoms with E-state index in [9.17, 15) is 33.0 Å². The van der Waals surface area contributed by atoms with Gasteiger partial charge in [0.15, 0.2) is 23.1 Å². The Morgan fingerprint density at radius 1 is 1.36 bits per heavy atom. The van der Waals surface area contributed by atoms with Crippen molar-refractivity contribution in [1.29, 1.82) is 0 Å². The van der Waals surface area contributed by atoms with Gasteiger partial charge in [-0.15, -0.1) is 0 Å². The number of H-pyrrole nitrogens is 1. The fraction of sp³-hybridized carbons (Fsp3) is 0.308. The number of aromatic nitrogens is 3. The molecule has 0 saturated heterocycles. The van der Waals surface area contributed by atoms with Crippen LogP contribution in [-0.2, 0) is 10.9 Å². The van der Waals surface area contributed by atoms with E-state index >= 15 is 0 Å². The molecule has 3 heterocycles. The summed E-state index contributed by atoms with van der Waals surface area (Å²) in [5.74, 6) is -1.09. The molecule has 9 nitrogen and oxygen atoms in total. The second-order valence-electron chi connectivity index (χ2n) is 5.16. The van der Waals surface area contributed by atoms with Crippen LogP contribution in [0.1, 0.15) is 11.9 Å². The minimum atomic E-state index is -4.83. The van der Waals surface area contributed by atoms with Crippen molar-refractivity contribution in [3.8, 4) is 0 Å². The number of nitrogens with zero attached hydrogens (tertiary/aromatic N) is 2. The summed E-state index contributed by atoms with van der Waals surface area (Å²) in [4.78, 5) is 29.2. The van der Waals surface area contributed by atoms with Gasteiger partial charge in [0.2, 0.25) is 6.23 Å². The molecule has 25 heavy (non-hydrogen) atoms. The van der Waals surface area contributed by atoms with E-state index in [0.29, 0.717) is 10.6 Å². The lowest BCUT2D eigenvalue weighted by atomic mass is 10.2. The smallest absolute Gasteiger partial charge is 0.431 e. The number of hydrogen-bond donors (Lipinski definition) is 4. The highest BCUT2D eigenvalue weighted by molar-refractivity contribution is 5.73. The molecule has 0 aliphatic carbocycles. The maximum absolute atomic E-state index is 12.7. The maximum Gasteiger partial charge on any atom is 0.431 e. The van der Waals surface area contributed by atoms with Gasteiger partial charge in [0.25, 0.3) is 0 Å². The Morgan fingerprint density at radius 2 is 2.04 bits per heavy atom. The van der Waals surface area contributed by atoms with Crippen LogP contribution in [0.3, 0.4) is 0 Å². The minimum Gasteiger partial charge on any atom is -0.506 e. The first-order valence-electron chi connectivity index (χ1n) is 6.74. The summed E-state index contributed by atoms with van der Waals surface area (Å²) in [6, 6.07) is 0.305. The number of fused-ring (bicyclic) bond motifs is 1. The van der Waals surface area contributed by atoms with Gasteiger partial charge in [0, 0.05) is 12.3 Å². The molecule has 1 aliphatic rings. The predicted octanol–water partition coefficient (Wildman–Crippen LogP) is -0.245. The van der Waals surface area contributed by atoms with Gasteiger partial charge in [0.05, 0.1) is 5.39 Å². The Hall–Kier alpha value is -2.86. The highest BCUT2D eigenvalue weighted by Gasteiger charge is 2.38. The third kappa shape index (κ3) is 2.74. The average Bonchev–Trinajstić information content (AvgIpc) is 2.81. The van der Waals surface area contributed by atoms with Crippen LogP contribution in [-0.4, -0.2) is 42.6 Å². The van der Waals surface area contributed by atoms with Crippen LogP contribution in [0.15, 0.2) is 33.4 Å². The van der Waals surface area contributed by atoms with Crippen molar-refractivity contribution in [3.05, 3.63) is 50.2 Å². The topological polar surface area (TPSA) is 138 Å². The van der Waals surface area contributed by atoms with Crippen LogP contribution in [0.5, 0.6) is 0 Å². The van der Waals surface area contributed by atoms with Gasteiger partial charge < -0.3 is 25.0 Å². The van der Waals surface area contributed by atoms with Crippen molar-refractivity contribution in [1.82, 2.24) is 14.5 Å². The lowest BCUT2D eigenvalue weighted by Gasteiger charge is -2.18. The van der Waals surface area contributed by atoms with E-state index in [4.69, 9.17) is 9.84 Å². The maximum atomic E-state index is 12.7. The summed E-state index contributed by atoms with van der Waals surface area (Å²) in [5.41, 5.74) is -4.16. The second-order valence-corrected chi connectivity index (χ2v) is 5.16. The summed E-state index contributed by atoms with van der Waals surface area (Å²) in [5, 5.41) is 28.1. The highest BCUT2D eigenvalue weighted by Crippen LogP contribution is 2.31. The Bertz CT molecular complexity index is 993. The highest BCUT2D eigenvalue weighted by atomic mass is 19.4. The number of halogens is 3. The summed E-state index contributed by atoms with van der Waals surface area (Å²) in [6.45, 7) is -0.759. The molecular weight excluding hydrogens is 351 g/mol. The third-order valence-electron chi connectivity index (χ3n) is 3.57. The van der Waals surface area contributed by atoms with Gasteiger partial charge in [0.1, 0.15) is 17.9 Å². The first-order chi connectivity index (χ1) is 11.6. The van der Waals surface area contributed by atoms with Crippen molar-refractivity contribution >= 4 is 11.0 Å². The van der Waals surface area contributed by atoms with Crippen molar-refractivity contribution in [2.75, 3.05) is 6.61 Å². The third-order valence-corrected chi connectivity index (χ3v) is 3.57. The number of aliphatic hydroxyl groups is 3. The molecule has 2 atom stereocenters. The van der Waals surface area contributed by atoms with Crippen LogP contribution in [0.2, 0.25) is 0 Å². The molecule has 0 saturated carbocycles. The van der Waals surface area contributed by atoms with Crippen molar-refractivity contribution in [2.45, 2.75) is 18.5 Å². The number of rotatable bonds is 2. The number of hydrogen-bond acceptors (Lipinski definition) is 7. The molecule has 0 fully saturated rings. The van der Waals surface area contributed by atoms with E-state index in [1.165, 1.54) is 0 Å². The molecule has 134 valence electrons. The molecule has 1 unspecified atom stereocenters. The summed E-state index contributed by atoms with van der Waals surface area (Å²) >= 11 is 0. The lowest BCUT2D eigenvalue weighted by molar-refractivity contribution is -0.141. The van der Waals surface area contributed by atoms with E-state index in [1.807, 2.05) is 4.98 Å². The van der Waals surface area contributed by atoms with Gasteiger partial charge in [-0.25, -0.2) is 4.79 Å². The van der Waals surface area contributed by atoms with Crippen molar-refractivity contribution in [2.24, 2.45) is 0 Å². The molecule has 2 aromatic rings. The molecule has 0 amide bonds. The van der Waals surface area contributed by atoms with Crippen molar-refractivity contribution in [3.63, 3.8) is 0 Å². The SMILES string of the molecule is O=c1cc(C(F)(F)F)[nH]c2nc(=O)n([C@@H]3OC(CO)=C(O)C3O)cc12. The molecule has 0 radical (unpaired) electrons. The molecule has 0 bridgehead atoms. The molecule has 4 N–H and O–H groups in total. The van der Waals surface area contributed by atoms with E-state index in [-0.39, 0.29) is 11.1 Å². The monoisotopic (exact) mass is 361 g/mol. The van der Waals surface area contributed by atoms with Crippen LogP contribution in [0, 0.1) is 0 Å². The zero-order chi connectivity index (χ0) is 18.5. The minimum absolute atomic E-state index is 0.305. The van der Waals surface area contributed by atoms with Gasteiger partial charge in [-0.3, -0.25) is 9.36 Å². The summed E-state index contributed by atoms with van der Waals surface area (Å²) < 4.78 is 43.8. The molecule has 2 aromatic heterocycles. The number of aromatic amines is 1. The lowest BCUT2D eigenvalue weighted by Crippen LogP contribution is -2.33. The Balaban J connectivity index is 2.15. The summed E-state index contributed by atoms with van der Waals surface area (Å²) in [6.07, 6.45) is -7.24. The molecular formula is C13H10F3N3O6. The van der Waals surface area contributed by atoms with E-state index in [2.05, 4.69) is 4.98 Å². The average molecular weight is 361 g/mol. The van der Waals surface area contributed by atoms with Crippen LogP contribution >= 0.6 is 0 Å². The van der Waals surface area contributed by atoms with Crippen LogP contribution in [0.4, 0.5) is 13.2 Å². The zero-order valence-corrected chi connectivity index (χ0v) is 12.1. The normalized spacial score (nSPS) is 21.0. The number of pyridine rings is 1. The first-order valence-corrected chi connectivity index (χ1v) is 6.74. The molecule has 0 aromatic carbocycles. The Morgan fingerprint density at radius 3 is 2.60 bits per heavy atom. The second kappa shape index (κ2) is 5.60. The van der Waals surface area contributed by atoms with Gasteiger partial charge in [-0.2, -0.15) is 18.2 Å². The van der Waals surface area contributed by atoms with E-state index in [1.54, 1.807) is 0 Å². The van der Waals surface area contributed by atoms with Crippen LogP contribution < -0.4 is 11.1 Å². The van der Waals surface area contributed by atoms with Crippen LogP contribution in [0.25, 0.3) is 11.0 Å². The summed E-state index contributed by atoms with van der Waals surface area (Å²) in [7, 11) is 0. The fourth-order valence-corrected chi connectivity index (χ4v) is 2.35.